The molecule has 0 aliphatic carbocycles. The van der Waals surface area contributed by atoms with E-state index >= 15 is 0 Å². The van der Waals surface area contributed by atoms with Crippen LogP contribution < -0.4 is 0 Å². The highest BCUT2D eigenvalue weighted by Crippen LogP contribution is 2.41. The molecule has 0 aliphatic rings. The van der Waals surface area contributed by atoms with Crippen molar-refractivity contribution in [2.45, 2.75) is 0 Å². The smallest absolute Gasteiger partial charge is 0.0498 e. The number of benzene rings is 3. The maximum atomic E-state index is 6.39. The van der Waals surface area contributed by atoms with Crippen LogP contribution in [0.1, 0.15) is 0 Å². The Bertz CT molecular complexity index is 940. The van der Waals surface area contributed by atoms with Crippen LogP contribution >= 0.6 is 38.9 Å². The Morgan fingerprint density at radius 3 is 2.47 bits per heavy atom. The molecule has 0 saturated heterocycles. The summed E-state index contributed by atoms with van der Waals surface area (Å²) in [7, 11) is 0. The zero-order chi connectivity index (χ0) is 13.0. The molecule has 0 saturated carbocycles. The molecule has 0 radical (unpaired) electrons. The Morgan fingerprint density at radius 2 is 1.63 bits per heavy atom. The van der Waals surface area contributed by atoms with Crippen LogP contribution in [0.25, 0.3) is 30.9 Å². The first kappa shape index (κ1) is 11.7. The minimum atomic E-state index is 0.828. The van der Waals surface area contributed by atoms with Crippen LogP contribution in [0.4, 0.5) is 0 Å². The summed E-state index contributed by atoms with van der Waals surface area (Å²) in [4.78, 5) is 0. The zero-order valence-electron chi connectivity index (χ0n) is 9.78. The van der Waals surface area contributed by atoms with Gasteiger partial charge in [0.25, 0.3) is 0 Å². The zero-order valence-corrected chi connectivity index (χ0v) is 12.9. The fourth-order valence-corrected chi connectivity index (χ4v) is 4.41. The van der Waals surface area contributed by atoms with Crippen LogP contribution in [-0.4, -0.2) is 0 Å². The van der Waals surface area contributed by atoms with E-state index in [0.29, 0.717) is 0 Å². The molecule has 3 aromatic carbocycles. The van der Waals surface area contributed by atoms with Crippen LogP contribution in [0.2, 0.25) is 5.02 Å². The molecule has 0 atom stereocenters. The van der Waals surface area contributed by atoms with Crippen molar-refractivity contribution >= 4 is 69.8 Å². The Morgan fingerprint density at radius 1 is 0.842 bits per heavy atom. The van der Waals surface area contributed by atoms with E-state index in [4.69, 9.17) is 11.6 Å². The van der Waals surface area contributed by atoms with E-state index in [-0.39, 0.29) is 0 Å². The fourth-order valence-electron chi connectivity index (χ4n) is 2.57. The van der Waals surface area contributed by atoms with E-state index in [1.165, 1.54) is 25.6 Å². The standard InChI is InChI=1S/C16H8BrClS/c17-9-5-6-14-12(7-9)16-11-4-2-1-3-10(11)13(18)8-15(16)19-14/h1-8H. The molecule has 0 aliphatic heterocycles. The summed E-state index contributed by atoms with van der Waals surface area (Å²) in [6.07, 6.45) is 0. The second-order valence-corrected chi connectivity index (χ2v) is 6.93. The molecule has 4 rings (SSSR count). The normalized spacial score (nSPS) is 11.7. The first-order valence-corrected chi connectivity index (χ1v) is 7.92. The molecule has 19 heavy (non-hydrogen) atoms. The third kappa shape index (κ3) is 1.71. The molecule has 0 spiro atoms. The van der Waals surface area contributed by atoms with Crippen molar-refractivity contribution in [1.29, 1.82) is 0 Å². The van der Waals surface area contributed by atoms with Gasteiger partial charge in [0.05, 0.1) is 0 Å². The monoisotopic (exact) mass is 346 g/mol. The van der Waals surface area contributed by atoms with E-state index < -0.39 is 0 Å². The van der Waals surface area contributed by atoms with Gasteiger partial charge in [0.15, 0.2) is 0 Å². The quantitative estimate of drug-likeness (QED) is 0.335. The van der Waals surface area contributed by atoms with Gasteiger partial charge in [0.2, 0.25) is 0 Å². The highest BCUT2D eigenvalue weighted by Gasteiger charge is 2.11. The van der Waals surface area contributed by atoms with Gasteiger partial charge in [-0.15, -0.1) is 11.3 Å². The van der Waals surface area contributed by atoms with Crippen LogP contribution in [0.15, 0.2) is 53.0 Å². The van der Waals surface area contributed by atoms with Gasteiger partial charge in [0, 0.05) is 35.1 Å². The molecule has 0 amide bonds. The molecular formula is C16H8BrClS. The van der Waals surface area contributed by atoms with Crippen LogP contribution in [0.5, 0.6) is 0 Å². The van der Waals surface area contributed by atoms with E-state index in [0.717, 1.165) is 14.9 Å². The van der Waals surface area contributed by atoms with E-state index in [9.17, 15) is 0 Å². The first-order chi connectivity index (χ1) is 9.24. The molecule has 0 nitrogen and oxygen atoms in total. The van der Waals surface area contributed by atoms with Gasteiger partial charge in [-0.3, -0.25) is 0 Å². The maximum absolute atomic E-state index is 6.39. The van der Waals surface area contributed by atoms with Crippen molar-refractivity contribution in [2.24, 2.45) is 0 Å². The number of halogens is 2. The predicted molar refractivity (Wildman–Crippen MR) is 89.5 cm³/mol. The molecule has 0 unspecified atom stereocenters. The summed E-state index contributed by atoms with van der Waals surface area (Å²) in [5, 5.41) is 5.78. The van der Waals surface area contributed by atoms with Crippen LogP contribution in [0.3, 0.4) is 0 Å². The average Bonchev–Trinajstić information content (AvgIpc) is 2.76. The summed E-state index contributed by atoms with van der Waals surface area (Å²) < 4.78 is 3.65. The predicted octanol–water partition coefficient (Wildman–Crippen LogP) is 6.62. The van der Waals surface area contributed by atoms with E-state index in [1.54, 1.807) is 11.3 Å². The summed E-state index contributed by atoms with van der Waals surface area (Å²) in [5.74, 6) is 0. The van der Waals surface area contributed by atoms with Gasteiger partial charge in [0.1, 0.15) is 0 Å². The number of thiophene rings is 1. The Kier molecular flexibility index (Phi) is 2.59. The average molecular weight is 348 g/mol. The minimum Gasteiger partial charge on any atom is -0.135 e. The Labute approximate surface area is 127 Å². The van der Waals surface area contributed by atoms with Crippen molar-refractivity contribution in [3.63, 3.8) is 0 Å². The Hall–Kier alpha value is -1.09. The summed E-state index contributed by atoms with van der Waals surface area (Å²) >= 11 is 11.7. The van der Waals surface area contributed by atoms with E-state index in [1.807, 2.05) is 6.07 Å². The molecule has 0 fully saturated rings. The fraction of sp³-hybridized carbons (Fsp3) is 0. The molecule has 3 heteroatoms. The number of hydrogen-bond acceptors (Lipinski definition) is 1. The Balaban J connectivity index is 2.36. The third-order valence-electron chi connectivity index (χ3n) is 3.39. The largest absolute Gasteiger partial charge is 0.135 e. The topological polar surface area (TPSA) is 0 Å². The third-order valence-corrected chi connectivity index (χ3v) is 5.31. The van der Waals surface area contributed by atoms with Crippen molar-refractivity contribution < 1.29 is 0 Å². The molecule has 92 valence electrons. The second kappa shape index (κ2) is 4.20. The molecular weight excluding hydrogens is 340 g/mol. The van der Waals surface area contributed by atoms with Crippen LogP contribution in [-0.2, 0) is 0 Å². The highest BCUT2D eigenvalue weighted by atomic mass is 79.9. The lowest BCUT2D eigenvalue weighted by Gasteiger charge is -2.03. The number of rotatable bonds is 0. The molecule has 0 bridgehead atoms. The van der Waals surface area contributed by atoms with Crippen molar-refractivity contribution in [3.05, 3.63) is 58.0 Å². The van der Waals surface area contributed by atoms with Crippen molar-refractivity contribution in [3.8, 4) is 0 Å². The van der Waals surface area contributed by atoms with Gasteiger partial charge >= 0.3 is 0 Å². The van der Waals surface area contributed by atoms with Gasteiger partial charge in [-0.1, -0.05) is 51.8 Å². The van der Waals surface area contributed by atoms with Crippen molar-refractivity contribution in [1.82, 2.24) is 0 Å². The maximum Gasteiger partial charge on any atom is 0.0498 e. The number of hydrogen-bond donors (Lipinski definition) is 0. The molecule has 1 aromatic heterocycles. The lowest BCUT2D eigenvalue weighted by atomic mass is 10.0. The summed E-state index contributed by atoms with van der Waals surface area (Å²) in [5.41, 5.74) is 0. The number of fused-ring (bicyclic) bond motifs is 5. The van der Waals surface area contributed by atoms with Crippen molar-refractivity contribution in [2.75, 3.05) is 0 Å². The summed E-state index contributed by atoms with van der Waals surface area (Å²) in [6, 6.07) is 16.8. The van der Waals surface area contributed by atoms with Gasteiger partial charge in [-0.2, -0.15) is 0 Å². The summed E-state index contributed by atoms with van der Waals surface area (Å²) in [6.45, 7) is 0. The van der Waals surface area contributed by atoms with E-state index in [2.05, 4.69) is 58.4 Å². The first-order valence-electron chi connectivity index (χ1n) is 5.93. The molecule has 1 heterocycles. The second-order valence-electron chi connectivity index (χ2n) is 4.52. The molecule has 4 aromatic rings. The van der Waals surface area contributed by atoms with Crippen LogP contribution in [0, 0.1) is 0 Å². The van der Waals surface area contributed by atoms with Gasteiger partial charge < -0.3 is 0 Å². The SMILES string of the molecule is Clc1cc2sc3ccc(Br)cc3c2c2ccccc12. The highest BCUT2D eigenvalue weighted by molar-refractivity contribution is 9.10. The van der Waals surface area contributed by atoms with Gasteiger partial charge in [-0.25, -0.2) is 0 Å². The molecule has 0 N–H and O–H groups in total. The minimum absolute atomic E-state index is 0.828. The lowest BCUT2D eigenvalue weighted by Crippen LogP contribution is -1.76. The lowest BCUT2D eigenvalue weighted by molar-refractivity contribution is 1.77. The van der Waals surface area contributed by atoms with Gasteiger partial charge in [-0.05, 0) is 29.7 Å².